The number of hydrogen-bond donors (Lipinski definition) is 2. The average molecular weight is 343 g/mol. The molecule has 2 saturated heterocycles. The smallest absolute Gasteiger partial charge is 0.407 e. The van der Waals surface area contributed by atoms with Crippen LogP contribution < -0.4 is 0 Å². The molecule has 0 aliphatic carbocycles. The maximum absolute atomic E-state index is 12.3. The SMILES string of the molecule is Cc1ccc(S(=O)(=O)OC2CN(C(=O)O)C3CC(O)OC23)cc1. The topological polar surface area (TPSA) is 113 Å². The zero-order valence-corrected chi connectivity index (χ0v) is 13.1. The van der Waals surface area contributed by atoms with Crippen LogP contribution in [0, 0.1) is 6.92 Å². The molecule has 0 saturated carbocycles. The molecule has 9 heteroatoms. The van der Waals surface area contributed by atoms with E-state index in [-0.39, 0.29) is 17.9 Å². The molecule has 23 heavy (non-hydrogen) atoms. The summed E-state index contributed by atoms with van der Waals surface area (Å²) in [6, 6.07) is 5.54. The minimum absolute atomic E-state index is 0.00743. The summed E-state index contributed by atoms with van der Waals surface area (Å²) in [6.45, 7) is 1.71. The molecule has 4 unspecified atom stereocenters. The van der Waals surface area contributed by atoms with Crippen LogP contribution in [-0.2, 0) is 19.0 Å². The van der Waals surface area contributed by atoms with Gasteiger partial charge in [-0.15, -0.1) is 0 Å². The number of likely N-dealkylation sites (tertiary alicyclic amines) is 1. The van der Waals surface area contributed by atoms with Crippen LogP contribution in [0.15, 0.2) is 29.2 Å². The Hall–Kier alpha value is -1.68. The normalized spacial score (nSPS) is 30.4. The number of aryl methyl sites for hydroxylation is 1. The second kappa shape index (κ2) is 5.75. The van der Waals surface area contributed by atoms with Crippen LogP contribution in [0.1, 0.15) is 12.0 Å². The van der Waals surface area contributed by atoms with E-state index >= 15 is 0 Å². The first-order valence-corrected chi connectivity index (χ1v) is 8.52. The van der Waals surface area contributed by atoms with Crippen LogP contribution in [0.5, 0.6) is 0 Å². The van der Waals surface area contributed by atoms with Crippen molar-refractivity contribution in [1.29, 1.82) is 0 Å². The van der Waals surface area contributed by atoms with E-state index in [0.717, 1.165) is 10.5 Å². The highest BCUT2D eigenvalue weighted by Crippen LogP contribution is 2.35. The van der Waals surface area contributed by atoms with Crippen molar-refractivity contribution in [3.63, 3.8) is 0 Å². The Labute approximate surface area is 133 Å². The summed E-state index contributed by atoms with van der Waals surface area (Å²) in [5, 5.41) is 18.7. The van der Waals surface area contributed by atoms with Gasteiger partial charge in [-0.25, -0.2) is 4.79 Å². The quantitative estimate of drug-likeness (QED) is 0.770. The van der Waals surface area contributed by atoms with Crippen LogP contribution >= 0.6 is 0 Å². The van der Waals surface area contributed by atoms with Gasteiger partial charge >= 0.3 is 6.09 Å². The molecule has 1 amide bonds. The van der Waals surface area contributed by atoms with E-state index in [2.05, 4.69) is 0 Å². The molecule has 2 aliphatic heterocycles. The van der Waals surface area contributed by atoms with Crippen molar-refractivity contribution in [2.24, 2.45) is 0 Å². The van der Waals surface area contributed by atoms with Crippen molar-refractivity contribution in [2.75, 3.05) is 6.54 Å². The summed E-state index contributed by atoms with van der Waals surface area (Å²) in [5.74, 6) is 0. The average Bonchev–Trinajstić information content (AvgIpc) is 2.98. The van der Waals surface area contributed by atoms with Crippen LogP contribution in [0.2, 0.25) is 0 Å². The molecule has 1 aromatic carbocycles. The standard InChI is InChI=1S/C14H17NO7S/c1-8-2-4-9(5-3-8)23(19,20)22-11-7-15(14(17)18)10-6-12(16)21-13(10)11/h2-5,10-13,16H,6-7H2,1H3,(H,17,18). The van der Waals surface area contributed by atoms with E-state index in [1.54, 1.807) is 12.1 Å². The summed E-state index contributed by atoms with van der Waals surface area (Å²) in [4.78, 5) is 12.3. The third kappa shape index (κ3) is 3.05. The molecule has 0 spiro atoms. The number of fused-ring (bicyclic) bond motifs is 1. The van der Waals surface area contributed by atoms with Crippen molar-refractivity contribution in [1.82, 2.24) is 4.90 Å². The van der Waals surface area contributed by atoms with E-state index in [0.29, 0.717) is 0 Å². The third-order valence-corrected chi connectivity index (χ3v) is 5.44. The number of aliphatic hydroxyl groups excluding tert-OH is 1. The zero-order valence-electron chi connectivity index (χ0n) is 12.3. The molecule has 0 radical (unpaired) electrons. The van der Waals surface area contributed by atoms with Gasteiger partial charge in [0.2, 0.25) is 0 Å². The minimum atomic E-state index is -4.05. The number of carboxylic acid groups (broad SMARTS) is 1. The molecule has 4 atom stereocenters. The lowest BCUT2D eigenvalue weighted by Crippen LogP contribution is -2.36. The monoisotopic (exact) mass is 343 g/mol. The maximum Gasteiger partial charge on any atom is 0.407 e. The molecule has 8 nitrogen and oxygen atoms in total. The van der Waals surface area contributed by atoms with Crippen LogP contribution in [0.4, 0.5) is 4.79 Å². The molecule has 0 bridgehead atoms. The fourth-order valence-corrected chi connectivity index (χ4v) is 4.05. The first-order chi connectivity index (χ1) is 10.8. The number of nitrogens with zero attached hydrogens (tertiary/aromatic N) is 1. The van der Waals surface area contributed by atoms with Crippen molar-refractivity contribution in [3.05, 3.63) is 29.8 Å². The lowest BCUT2D eigenvalue weighted by Gasteiger charge is -2.18. The number of hydrogen-bond acceptors (Lipinski definition) is 6. The van der Waals surface area contributed by atoms with Crippen LogP contribution in [-0.4, -0.2) is 60.7 Å². The van der Waals surface area contributed by atoms with Gasteiger partial charge in [0.25, 0.3) is 10.1 Å². The Morgan fingerprint density at radius 3 is 2.61 bits per heavy atom. The predicted molar refractivity (Wildman–Crippen MR) is 77.3 cm³/mol. The summed E-state index contributed by atoms with van der Waals surface area (Å²) in [7, 11) is -4.05. The minimum Gasteiger partial charge on any atom is -0.465 e. The van der Waals surface area contributed by atoms with Gasteiger partial charge in [0, 0.05) is 6.42 Å². The van der Waals surface area contributed by atoms with Crippen LogP contribution in [0.25, 0.3) is 0 Å². The van der Waals surface area contributed by atoms with Crippen LogP contribution in [0.3, 0.4) is 0 Å². The highest BCUT2D eigenvalue weighted by Gasteiger charge is 2.52. The lowest BCUT2D eigenvalue weighted by molar-refractivity contribution is -0.110. The molecule has 2 heterocycles. The van der Waals surface area contributed by atoms with Gasteiger partial charge in [-0.1, -0.05) is 17.7 Å². The van der Waals surface area contributed by atoms with Gasteiger partial charge in [0.05, 0.1) is 17.5 Å². The number of ether oxygens (including phenoxy) is 1. The van der Waals surface area contributed by atoms with Gasteiger partial charge in [-0.2, -0.15) is 8.42 Å². The van der Waals surface area contributed by atoms with Crippen molar-refractivity contribution >= 4 is 16.2 Å². The van der Waals surface area contributed by atoms with E-state index in [9.17, 15) is 23.4 Å². The number of benzene rings is 1. The molecular formula is C14H17NO7S. The van der Waals surface area contributed by atoms with Crippen molar-refractivity contribution in [2.45, 2.75) is 42.8 Å². The molecule has 0 aromatic heterocycles. The van der Waals surface area contributed by atoms with E-state index in [1.165, 1.54) is 12.1 Å². The fraction of sp³-hybridized carbons (Fsp3) is 0.500. The Bertz CT molecular complexity index is 702. The number of carbonyl (C=O) groups is 1. The van der Waals surface area contributed by atoms with E-state index in [1.807, 2.05) is 6.92 Å². The molecular weight excluding hydrogens is 326 g/mol. The van der Waals surface area contributed by atoms with E-state index < -0.39 is 40.8 Å². The van der Waals surface area contributed by atoms with Gasteiger partial charge < -0.3 is 14.9 Å². The zero-order chi connectivity index (χ0) is 16.8. The molecule has 2 N–H and O–H groups in total. The Morgan fingerprint density at radius 1 is 1.35 bits per heavy atom. The highest BCUT2D eigenvalue weighted by molar-refractivity contribution is 7.86. The maximum atomic E-state index is 12.3. The van der Waals surface area contributed by atoms with Gasteiger partial charge in [0.15, 0.2) is 6.29 Å². The fourth-order valence-electron chi connectivity index (χ4n) is 2.97. The molecule has 2 aliphatic rings. The molecule has 3 rings (SSSR count). The number of aliphatic hydroxyl groups is 1. The summed E-state index contributed by atoms with van der Waals surface area (Å²) < 4.78 is 35.1. The highest BCUT2D eigenvalue weighted by atomic mass is 32.2. The molecule has 126 valence electrons. The Balaban J connectivity index is 1.81. The van der Waals surface area contributed by atoms with Gasteiger partial charge in [0.1, 0.15) is 12.2 Å². The van der Waals surface area contributed by atoms with Crippen molar-refractivity contribution in [3.8, 4) is 0 Å². The largest absolute Gasteiger partial charge is 0.465 e. The van der Waals surface area contributed by atoms with Gasteiger partial charge in [-0.3, -0.25) is 9.08 Å². The van der Waals surface area contributed by atoms with E-state index in [4.69, 9.17) is 8.92 Å². The number of rotatable bonds is 3. The summed E-state index contributed by atoms with van der Waals surface area (Å²) in [5.41, 5.74) is 0.907. The third-order valence-electron chi connectivity index (χ3n) is 4.09. The Morgan fingerprint density at radius 2 is 2.00 bits per heavy atom. The lowest BCUT2D eigenvalue weighted by atomic mass is 10.1. The molecule has 2 fully saturated rings. The predicted octanol–water partition coefficient (Wildman–Crippen LogP) is 0.538. The molecule has 1 aromatic rings. The first kappa shape index (κ1) is 16.2. The number of amides is 1. The second-order valence-electron chi connectivity index (χ2n) is 5.70. The first-order valence-electron chi connectivity index (χ1n) is 7.11. The summed E-state index contributed by atoms with van der Waals surface area (Å²) >= 11 is 0. The van der Waals surface area contributed by atoms with Gasteiger partial charge in [-0.05, 0) is 19.1 Å². The van der Waals surface area contributed by atoms with Crippen molar-refractivity contribution < 1.29 is 32.3 Å². The second-order valence-corrected chi connectivity index (χ2v) is 7.27. The summed E-state index contributed by atoms with van der Waals surface area (Å²) in [6.07, 6.45) is -4.01. The Kier molecular flexibility index (Phi) is 4.05.